The van der Waals surface area contributed by atoms with Gasteiger partial charge in [-0.3, -0.25) is 4.98 Å². The summed E-state index contributed by atoms with van der Waals surface area (Å²) in [5.41, 5.74) is 2.12. The lowest BCUT2D eigenvalue weighted by Gasteiger charge is -2.15. The van der Waals surface area contributed by atoms with Crippen LogP contribution < -0.4 is 0 Å². The molecule has 0 saturated carbocycles. The Morgan fingerprint density at radius 1 is 1.09 bits per heavy atom. The zero-order valence-corrected chi connectivity index (χ0v) is 15.7. The summed E-state index contributed by atoms with van der Waals surface area (Å²) in [5.74, 6) is 0. The minimum Gasteiger partial charge on any atom is -0.264 e. The van der Waals surface area contributed by atoms with Gasteiger partial charge in [-0.25, -0.2) is 8.42 Å². The summed E-state index contributed by atoms with van der Waals surface area (Å²) in [5, 5.41) is 0. The number of sulfonamides is 1. The summed E-state index contributed by atoms with van der Waals surface area (Å²) in [6.07, 6.45) is 3.50. The van der Waals surface area contributed by atoms with E-state index in [9.17, 15) is 8.42 Å². The van der Waals surface area contributed by atoms with Gasteiger partial charge in [-0.05, 0) is 30.7 Å². The summed E-state index contributed by atoms with van der Waals surface area (Å²) < 4.78 is 27.8. The molecule has 3 rings (SSSR count). The van der Waals surface area contributed by atoms with Crippen LogP contribution in [-0.2, 0) is 10.0 Å². The van der Waals surface area contributed by atoms with Crippen LogP contribution in [-0.4, -0.2) is 31.4 Å². The lowest BCUT2D eigenvalue weighted by molar-refractivity contribution is 0.551. The Kier molecular flexibility index (Phi) is 3.94. The monoisotopic (exact) mass is 346 g/mol. The van der Waals surface area contributed by atoms with Crippen molar-refractivity contribution >= 4 is 18.1 Å². The zero-order valence-electron chi connectivity index (χ0n) is 13.9. The second-order valence-corrected chi connectivity index (χ2v) is 14.4. The van der Waals surface area contributed by atoms with Gasteiger partial charge in [0.2, 0.25) is 10.0 Å². The Bertz CT molecular complexity index is 799. The number of nitrogens with zero attached hydrogens (tertiary/aromatic N) is 2. The molecular weight excluding hydrogens is 324 g/mol. The Labute approximate surface area is 139 Å². The first-order valence-corrected chi connectivity index (χ1v) is 12.7. The molecule has 0 amide bonds. The van der Waals surface area contributed by atoms with Gasteiger partial charge in [0.25, 0.3) is 0 Å². The van der Waals surface area contributed by atoms with Crippen LogP contribution in [0.2, 0.25) is 19.6 Å². The Morgan fingerprint density at radius 3 is 2.26 bits per heavy atom. The van der Waals surface area contributed by atoms with Crippen molar-refractivity contribution in [1.29, 1.82) is 0 Å². The van der Waals surface area contributed by atoms with Crippen molar-refractivity contribution in [2.24, 2.45) is 0 Å². The summed E-state index contributed by atoms with van der Waals surface area (Å²) in [6, 6.07) is 10.8. The molecule has 1 aromatic carbocycles. The van der Waals surface area contributed by atoms with Gasteiger partial charge in [0.05, 0.1) is 19.0 Å². The fourth-order valence-corrected chi connectivity index (χ4v) is 8.31. The molecule has 6 heteroatoms. The third-order valence-electron chi connectivity index (χ3n) is 4.27. The Morgan fingerprint density at radius 2 is 1.74 bits per heavy atom. The van der Waals surface area contributed by atoms with Crippen LogP contribution >= 0.6 is 0 Å². The number of pyridine rings is 1. The number of hydrogen-bond donors (Lipinski definition) is 0. The van der Waals surface area contributed by atoms with Gasteiger partial charge in [0.15, 0.2) is 0 Å². The van der Waals surface area contributed by atoms with Crippen molar-refractivity contribution in [1.82, 2.24) is 9.29 Å². The van der Waals surface area contributed by atoms with Crippen molar-refractivity contribution in [3.05, 3.63) is 59.9 Å². The third kappa shape index (κ3) is 2.98. The van der Waals surface area contributed by atoms with Crippen LogP contribution in [0.1, 0.15) is 17.2 Å². The van der Waals surface area contributed by atoms with Crippen molar-refractivity contribution in [3.8, 4) is 0 Å². The lowest BCUT2D eigenvalue weighted by Crippen LogP contribution is -2.33. The lowest BCUT2D eigenvalue weighted by atomic mass is 10.2. The number of aryl methyl sites for hydroxylation is 1. The number of rotatable bonds is 4. The maximum atomic E-state index is 13.1. The van der Waals surface area contributed by atoms with Gasteiger partial charge >= 0.3 is 0 Å². The molecular formula is C17H22N2O2SSi. The smallest absolute Gasteiger partial charge is 0.243 e. The van der Waals surface area contributed by atoms with Crippen LogP contribution in [0.15, 0.2) is 53.7 Å². The second-order valence-electron chi connectivity index (χ2n) is 7.19. The molecule has 1 aliphatic rings. The number of hydrogen-bond acceptors (Lipinski definition) is 3. The van der Waals surface area contributed by atoms with Crippen LogP contribution in [0.5, 0.6) is 0 Å². The highest BCUT2D eigenvalue weighted by Gasteiger charge is 2.61. The maximum Gasteiger partial charge on any atom is 0.243 e. The van der Waals surface area contributed by atoms with Gasteiger partial charge in [0, 0.05) is 18.1 Å². The first-order chi connectivity index (χ1) is 10.7. The van der Waals surface area contributed by atoms with Gasteiger partial charge in [-0.1, -0.05) is 43.4 Å². The van der Waals surface area contributed by atoms with E-state index in [1.54, 1.807) is 28.8 Å². The molecule has 2 aromatic rings. The van der Waals surface area contributed by atoms with E-state index in [2.05, 4.69) is 24.6 Å². The molecule has 122 valence electrons. The molecule has 2 heterocycles. The van der Waals surface area contributed by atoms with E-state index in [-0.39, 0.29) is 11.7 Å². The Balaban J connectivity index is 2.01. The van der Waals surface area contributed by atoms with Gasteiger partial charge < -0.3 is 0 Å². The van der Waals surface area contributed by atoms with Crippen molar-refractivity contribution in [2.75, 3.05) is 0 Å². The van der Waals surface area contributed by atoms with Crippen LogP contribution in [0.25, 0.3) is 0 Å². The first kappa shape index (κ1) is 16.4. The summed E-state index contributed by atoms with van der Waals surface area (Å²) in [7, 11) is -5.14. The molecule has 1 unspecified atom stereocenters. The van der Waals surface area contributed by atoms with Gasteiger partial charge in [-0.2, -0.15) is 4.31 Å². The van der Waals surface area contributed by atoms with E-state index < -0.39 is 18.1 Å². The molecule has 4 nitrogen and oxygen atoms in total. The predicted molar refractivity (Wildman–Crippen MR) is 94.3 cm³/mol. The maximum absolute atomic E-state index is 13.1. The Hall–Kier alpha value is -1.50. The number of aromatic nitrogens is 1. The SMILES string of the molecule is Cc1ccc(S(=O)(=O)N2[C@H](c3cccnc3)[C@@H]2[Si](C)(C)C)cc1. The highest BCUT2D eigenvalue weighted by Crippen LogP contribution is 2.51. The summed E-state index contributed by atoms with van der Waals surface area (Å²) in [4.78, 5) is 4.53. The molecule has 0 aliphatic carbocycles. The molecule has 0 bridgehead atoms. The fraction of sp³-hybridized carbons (Fsp3) is 0.353. The highest BCUT2D eigenvalue weighted by molar-refractivity contribution is 7.89. The molecule has 1 aromatic heterocycles. The predicted octanol–water partition coefficient (Wildman–Crippen LogP) is 3.38. The normalized spacial score (nSPS) is 24.4. The van der Waals surface area contributed by atoms with E-state index in [1.807, 2.05) is 31.2 Å². The van der Waals surface area contributed by atoms with E-state index in [0.29, 0.717) is 4.90 Å². The average Bonchev–Trinajstić information content (AvgIpc) is 3.25. The average molecular weight is 347 g/mol. The minimum absolute atomic E-state index is 0.0815. The molecule has 0 radical (unpaired) electrons. The van der Waals surface area contributed by atoms with E-state index >= 15 is 0 Å². The van der Waals surface area contributed by atoms with Gasteiger partial charge in [0.1, 0.15) is 0 Å². The van der Waals surface area contributed by atoms with Crippen LogP contribution in [0.3, 0.4) is 0 Å². The fourth-order valence-electron chi connectivity index (χ4n) is 3.08. The van der Waals surface area contributed by atoms with Crippen LogP contribution in [0, 0.1) is 6.92 Å². The molecule has 0 N–H and O–H groups in total. The van der Waals surface area contributed by atoms with Crippen molar-refractivity contribution in [2.45, 2.75) is 43.2 Å². The van der Waals surface area contributed by atoms with E-state index in [4.69, 9.17) is 0 Å². The molecule has 23 heavy (non-hydrogen) atoms. The molecule has 3 atom stereocenters. The summed E-state index contributed by atoms with van der Waals surface area (Å²) >= 11 is 0. The number of benzene rings is 1. The molecule has 1 aliphatic heterocycles. The highest BCUT2D eigenvalue weighted by atomic mass is 32.2. The first-order valence-electron chi connectivity index (χ1n) is 7.73. The minimum atomic E-state index is -3.47. The largest absolute Gasteiger partial charge is 0.264 e. The quantitative estimate of drug-likeness (QED) is 0.630. The van der Waals surface area contributed by atoms with E-state index in [1.165, 1.54) is 0 Å². The topological polar surface area (TPSA) is 50.0 Å². The zero-order chi connectivity index (χ0) is 16.8. The molecule has 0 spiro atoms. The van der Waals surface area contributed by atoms with E-state index in [0.717, 1.165) is 11.1 Å². The second kappa shape index (κ2) is 5.54. The summed E-state index contributed by atoms with van der Waals surface area (Å²) in [6.45, 7) is 8.60. The third-order valence-corrected chi connectivity index (χ3v) is 8.70. The van der Waals surface area contributed by atoms with Gasteiger partial charge in [-0.15, -0.1) is 0 Å². The molecule has 1 saturated heterocycles. The van der Waals surface area contributed by atoms with Crippen molar-refractivity contribution in [3.63, 3.8) is 0 Å². The van der Waals surface area contributed by atoms with Crippen molar-refractivity contribution < 1.29 is 8.42 Å². The standard InChI is InChI=1S/C17H22N2O2SSi/c1-13-7-9-15(10-8-13)22(20,21)19-16(17(19)23(2,3)4)14-6-5-11-18-12-14/h5-12,16-17H,1-4H3/t16-,17+,19?/m1/s1. The van der Waals surface area contributed by atoms with Crippen LogP contribution in [0.4, 0.5) is 0 Å². The molecule has 1 fully saturated rings.